The Morgan fingerprint density at radius 3 is 3.04 bits per heavy atom. The topological polar surface area (TPSA) is 68.2 Å². The van der Waals surface area contributed by atoms with E-state index in [1.54, 1.807) is 20.4 Å². The second kappa shape index (κ2) is 8.30. The third kappa shape index (κ3) is 3.96. The quantitative estimate of drug-likeness (QED) is 0.656. The lowest BCUT2D eigenvalue weighted by molar-refractivity contribution is -0.0817. The van der Waals surface area contributed by atoms with Crippen molar-refractivity contribution in [2.75, 3.05) is 40.5 Å². The maximum atomic E-state index is 5.91. The molecule has 0 aliphatic carbocycles. The molecule has 2 atom stereocenters. The van der Waals surface area contributed by atoms with Crippen molar-refractivity contribution in [3.8, 4) is 5.88 Å². The van der Waals surface area contributed by atoms with Gasteiger partial charge in [0.05, 0.1) is 19.8 Å². The molecule has 0 saturated carbocycles. The molecule has 0 bridgehead atoms. The normalized spacial score (nSPS) is 24.9. The van der Waals surface area contributed by atoms with Crippen LogP contribution in [0.4, 0.5) is 0 Å². The van der Waals surface area contributed by atoms with Crippen molar-refractivity contribution < 1.29 is 14.2 Å². The second-order valence-corrected chi connectivity index (χ2v) is 5.98. The Kier molecular flexibility index (Phi) is 5.87. The number of nitrogens with one attached hydrogen (secondary N) is 1. The molecular formula is C17H26N4O3. The highest BCUT2D eigenvalue weighted by Crippen LogP contribution is 2.21. The molecule has 2 aliphatic heterocycles. The van der Waals surface area contributed by atoms with Gasteiger partial charge in [0.15, 0.2) is 5.96 Å². The van der Waals surface area contributed by atoms with Crippen molar-refractivity contribution in [2.24, 2.45) is 4.99 Å². The molecule has 2 unspecified atom stereocenters. The minimum Gasteiger partial charge on any atom is -0.481 e. The maximum absolute atomic E-state index is 5.91. The summed E-state index contributed by atoms with van der Waals surface area (Å²) in [5.41, 5.74) is 1.00. The van der Waals surface area contributed by atoms with E-state index < -0.39 is 0 Å². The number of ether oxygens (including phenoxy) is 3. The molecule has 7 nitrogen and oxygen atoms in total. The van der Waals surface area contributed by atoms with Gasteiger partial charge in [0, 0.05) is 45.0 Å². The van der Waals surface area contributed by atoms with Crippen LogP contribution in [0.3, 0.4) is 0 Å². The van der Waals surface area contributed by atoms with Crippen LogP contribution in [-0.4, -0.2) is 68.5 Å². The van der Waals surface area contributed by atoms with Crippen LogP contribution < -0.4 is 10.1 Å². The minimum absolute atomic E-state index is 0.118. The van der Waals surface area contributed by atoms with Gasteiger partial charge in [0.2, 0.25) is 5.88 Å². The molecule has 0 aromatic carbocycles. The van der Waals surface area contributed by atoms with Crippen LogP contribution in [0, 0.1) is 0 Å². The summed E-state index contributed by atoms with van der Waals surface area (Å²) in [6.07, 6.45) is 4.26. The molecule has 1 N–H and O–H groups in total. The Morgan fingerprint density at radius 1 is 1.42 bits per heavy atom. The number of hydrogen-bond donors (Lipinski definition) is 1. The Bertz CT molecular complexity index is 561. The molecule has 3 heterocycles. The van der Waals surface area contributed by atoms with Crippen molar-refractivity contribution in [2.45, 2.75) is 31.6 Å². The molecule has 1 aromatic rings. The van der Waals surface area contributed by atoms with Crippen molar-refractivity contribution in [1.29, 1.82) is 0 Å². The average molecular weight is 334 g/mol. The van der Waals surface area contributed by atoms with E-state index in [0.29, 0.717) is 19.0 Å². The van der Waals surface area contributed by atoms with Crippen molar-refractivity contribution in [3.63, 3.8) is 0 Å². The Balaban J connectivity index is 1.59. The molecule has 1 aromatic heterocycles. The molecule has 7 heteroatoms. The highest BCUT2D eigenvalue weighted by molar-refractivity contribution is 5.80. The molecule has 2 fully saturated rings. The van der Waals surface area contributed by atoms with Crippen LogP contribution in [0.25, 0.3) is 0 Å². The predicted molar refractivity (Wildman–Crippen MR) is 91.3 cm³/mol. The standard InChI is InChI=1S/C17H26N4O3/c1-18-17(20-11-13-5-3-7-19-16(13)22-2)21-8-10-24-15(12-21)14-6-4-9-23-14/h3,5,7,14-15H,4,6,8-12H2,1-2H3,(H,18,20). The van der Waals surface area contributed by atoms with E-state index in [9.17, 15) is 0 Å². The van der Waals surface area contributed by atoms with E-state index in [1.807, 2.05) is 12.1 Å². The lowest BCUT2D eigenvalue weighted by Crippen LogP contribution is -2.53. The second-order valence-electron chi connectivity index (χ2n) is 5.98. The zero-order chi connectivity index (χ0) is 16.8. The highest BCUT2D eigenvalue weighted by atomic mass is 16.5. The summed E-state index contributed by atoms with van der Waals surface area (Å²) in [5, 5.41) is 3.40. The summed E-state index contributed by atoms with van der Waals surface area (Å²) in [4.78, 5) is 10.9. The first-order valence-electron chi connectivity index (χ1n) is 8.48. The summed E-state index contributed by atoms with van der Waals surface area (Å²) < 4.78 is 17.0. The van der Waals surface area contributed by atoms with Crippen LogP contribution in [-0.2, 0) is 16.0 Å². The lowest BCUT2D eigenvalue weighted by Gasteiger charge is -2.37. The van der Waals surface area contributed by atoms with Crippen LogP contribution in [0.2, 0.25) is 0 Å². The molecule has 0 amide bonds. The van der Waals surface area contributed by atoms with Gasteiger partial charge in [-0.15, -0.1) is 0 Å². The first-order chi connectivity index (χ1) is 11.8. The number of rotatable bonds is 4. The summed E-state index contributed by atoms with van der Waals surface area (Å²) >= 11 is 0. The number of pyridine rings is 1. The van der Waals surface area contributed by atoms with Gasteiger partial charge in [-0.3, -0.25) is 4.99 Å². The van der Waals surface area contributed by atoms with Crippen molar-refractivity contribution in [3.05, 3.63) is 23.9 Å². The SMILES string of the molecule is CN=C(NCc1cccnc1OC)N1CCOC(C2CCCO2)C1. The first kappa shape index (κ1) is 17.0. The molecule has 24 heavy (non-hydrogen) atoms. The maximum Gasteiger partial charge on any atom is 0.218 e. The Hall–Kier alpha value is -1.86. The number of hydrogen-bond acceptors (Lipinski definition) is 5. The average Bonchev–Trinajstić information content (AvgIpc) is 3.17. The zero-order valence-electron chi connectivity index (χ0n) is 14.4. The molecular weight excluding hydrogens is 308 g/mol. The van der Waals surface area contributed by atoms with Gasteiger partial charge in [-0.25, -0.2) is 4.98 Å². The number of aromatic nitrogens is 1. The fourth-order valence-corrected chi connectivity index (χ4v) is 3.24. The van der Waals surface area contributed by atoms with Crippen LogP contribution >= 0.6 is 0 Å². The number of aliphatic imine (C=N–C) groups is 1. The molecule has 2 aliphatic rings. The Morgan fingerprint density at radius 2 is 2.29 bits per heavy atom. The third-order valence-electron chi connectivity index (χ3n) is 4.46. The first-order valence-corrected chi connectivity index (χ1v) is 8.48. The van der Waals surface area contributed by atoms with E-state index in [2.05, 4.69) is 20.2 Å². The summed E-state index contributed by atoms with van der Waals surface area (Å²) in [5.74, 6) is 1.51. The fraction of sp³-hybridized carbons (Fsp3) is 0.647. The number of nitrogens with zero attached hydrogens (tertiary/aromatic N) is 3. The molecule has 132 valence electrons. The summed E-state index contributed by atoms with van der Waals surface area (Å²) in [7, 11) is 3.44. The van der Waals surface area contributed by atoms with E-state index in [-0.39, 0.29) is 12.2 Å². The van der Waals surface area contributed by atoms with Gasteiger partial charge in [-0.2, -0.15) is 0 Å². The molecule has 0 spiro atoms. The van der Waals surface area contributed by atoms with Crippen molar-refractivity contribution >= 4 is 5.96 Å². The summed E-state index contributed by atoms with van der Waals surface area (Å²) in [6.45, 7) is 3.78. The van der Waals surface area contributed by atoms with Gasteiger partial charge < -0.3 is 24.4 Å². The van der Waals surface area contributed by atoms with E-state index >= 15 is 0 Å². The van der Waals surface area contributed by atoms with Crippen molar-refractivity contribution in [1.82, 2.24) is 15.2 Å². The van der Waals surface area contributed by atoms with Gasteiger partial charge in [0.1, 0.15) is 6.10 Å². The number of morpholine rings is 1. The van der Waals surface area contributed by atoms with E-state index in [0.717, 1.165) is 44.1 Å². The van der Waals surface area contributed by atoms with Crippen LogP contribution in [0.1, 0.15) is 18.4 Å². The predicted octanol–water partition coefficient (Wildman–Crippen LogP) is 1.05. The largest absolute Gasteiger partial charge is 0.481 e. The van der Waals surface area contributed by atoms with E-state index in [1.165, 1.54) is 0 Å². The number of methoxy groups -OCH3 is 1. The van der Waals surface area contributed by atoms with Crippen LogP contribution in [0.15, 0.2) is 23.3 Å². The van der Waals surface area contributed by atoms with Gasteiger partial charge in [-0.1, -0.05) is 6.07 Å². The van der Waals surface area contributed by atoms with Gasteiger partial charge in [-0.05, 0) is 18.9 Å². The van der Waals surface area contributed by atoms with Gasteiger partial charge in [0.25, 0.3) is 0 Å². The Labute approximate surface area is 143 Å². The summed E-state index contributed by atoms with van der Waals surface area (Å²) in [6, 6.07) is 3.91. The third-order valence-corrected chi connectivity index (χ3v) is 4.46. The minimum atomic E-state index is 0.118. The fourth-order valence-electron chi connectivity index (χ4n) is 3.24. The molecule has 0 radical (unpaired) electrons. The number of guanidine groups is 1. The van der Waals surface area contributed by atoms with E-state index in [4.69, 9.17) is 14.2 Å². The molecule has 2 saturated heterocycles. The van der Waals surface area contributed by atoms with Gasteiger partial charge >= 0.3 is 0 Å². The lowest BCUT2D eigenvalue weighted by atomic mass is 10.1. The monoisotopic (exact) mass is 334 g/mol. The highest BCUT2D eigenvalue weighted by Gasteiger charge is 2.32. The smallest absolute Gasteiger partial charge is 0.218 e. The zero-order valence-corrected chi connectivity index (χ0v) is 14.4. The molecule has 3 rings (SSSR count). The van der Waals surface area contributed by atoms with Crippen LogP contribution in [0.5, 0.6) is 5.88 Å².